The minimum Gasteiger partial charge on any atom is -0.480 e. The number of benzene rings is 3. The summed E-state index contributed by atoms with van der Waals surface area (Å²) in [6.07, 6.45) is 3.53. The van der Waals surface area contributed by atoms with Crippen LogP contribution in [0.1, 0.15) is 16.8 Å². The maximum Gasteiger partial charge on any atom is 0.327 e. The van der Waals surface area contributed by atoms with Gasteiger partial charge in [0.15, 0.2) is 0 Å². The Morgan fingerprint density at radius 3 is 2.57 bits per heavy atom. The Kier molecular flexibility index (Phi) is 7.59. The SMILES string of the molecule is Cc1nn(-c2ccccc2)c(Oc2ccc(Cl)cc2)c1/C=C1\SC(=S)N([C@@H](Cc2c[nH]c3ccccc23)C(=O)O)C1=O. The molecule has 8 nitrogen and oxygen atoms in total. The Bertz CT molecular complexity index is 1870. The first kappa shape index (κ1) is 27.8. The predicted molar refractivity (Wildman–Crippen MR) is 168 cm³/mol. The van der Waals surface area contributed by atoms with E-state index in [0.29, 0.717) is 27.9 Å². The minimum atomic E-state index is -1.18. The summed E-state index contributed by atoms with van der Waals surface area (Å²) < 4.78 is 8.13. The molecule has 11 heteroatoms. The van der Waals surface area contributed by atoms with Crippen LogP contribution in [-0.4, -0.2) is 47.0 Å². The number of fused-ring (bicyclic) bond motifs is 1. The highest BCUT2D eigenvalue weighted by molar-refractivity contribution is 8.26. The van der Waals surface area contributed by atoms with Gasteiger partial charge in [-0.25, -0.2) is 4.79 Å². The van der Waals surface area contributed by atoms with Gasteiger partial charge >= 0.3 is 5.97 Å². The molecule has 0 spiro atoms. The van der Waals surface area contributed by atoms with Crippen molar-refractivity contribution < 1.29 is 19.4 Å². The average molecular weight is 615 g/mol. The molecule has 3 heterocycles. The van der Waals surface area contributed by atoms with Gasteiger partial charge in [-0.05, 0) is 61.0 Å². The van der Waals surface area contributed by atoms with Crippen LogP contribution in [0.3, 0.4) is 0 Å². The lowest BCUT2D eigenvalue weighted by molar-refractivity contribution is -0.145. The number of rotatable bonds is 8. The van der Waals surface area contributed by atoms with E-state index in [2.05, 4.69) is 4.98 Å². The third-order valence-electron chi connectivity index (χ3n) is 6.88. The van der Waals surface area contributed by atoms with Gasteiger partial charge in [0.25, 0.3) is 5.91 Å². The van der Waals surface area contributed by atoms with Crippen LogP contribution in [0.15, 0.2) is 90.0 Å². The second-order valence-corrected chi connectivity index (χ2v) is 11.7. The first-order chi connectivity index (χ1) is 20.3. The number of ether oxygens (including phenoxy) is 1. The van der Waals surface area contributed by atoms with Crippen molar-refractivity contribution in [3.63, 3.8) is 0 Å². The zero-order valence-electron chi connectivity index (χ0n) is 22.2. The topological polar surface area (TPSA) is 100 Å². The molecule has 3 aromatic carbocycles. The molecule has 1 fully saturated rings. The number of halogens is 1. The Hall–Kier alpha value is -4.38. The molecule has 5 aromatic rings. The molecule has 6 rings (SSSR count). The van der Waals surface area contributed by atoms with Gasteiger partial charge in [-0.3, -0.25) is 9.69 Å². The predicted octanol–water partition coefficient (Wildman–Crippen LogP) is 7.00. The molecule has 0 aliphatic carbocycles. The molecule has 0 saturated carbocycles. The number of hydrogen-bond donors (Lipinski definition) is 2. The lowest BCUT2D eigenvalue weighted by atomic mass is 10.0. The number of carboxylic acids is 1. The molecule has 1 aliphatic heterocycles. The van der Waals surface area contributed by atoms with E-state index in [1.54, 1.807) is 41.2 Å². The molecular formula is C31H23ClN4O4S2. The Labute approximate surface area is 255 Å². The largest absolute Gasteiger partial charge is 0.480 e. The van der Waals surface area contributed by atoms with Gasteiger partial charge in [-0.2, -0.15) is 9.78 Å². The Morgan fingerprint density at radius 1 is 1.12 bits per heavy atom. The van der Waals surface area contributed by atoms with E-state index in [-0.39, 0.29) is 15.6 Å². The number of carboxylic acid groups (broad SMARTS) is 1. The normalized spacial score (nSPS) is 15.1. The van der Waals surface area contributed by atoms with Gasteiger partial charge in [0, 0.05) is 28.5 Å². The number of aromatic amines is 1. The number of carbonyl (C=O) groups is 2. The molecule has 210 valence electrons. The maximum absolute atomic E-state index is 13.7. The fourth-order valence-electron chi connectivity index (χ4n) is 4.82. The zero-order valence-corrected chi connectivity index (χ0v) is 24.5. The summed E-state index contributed by atoms with van der Waals surface area (Å²) in [6, 6.07) is 22.8. The van der Waals surface area contributed by atoms with Crippen molar-refractivity contribution in [1.29, 1.82) is 0 Å². The van der Waals surface area contributed by atoms with E-state index in [9.17, 15) is 14.7 Å². The molecule has 2 N–H and O–H groups in total. The van der Waals surface area contributed by atoms with Gasteiger partial charge in [0.05, 0.1) is 21.8 Å². The highest BCUT2D eigenvalue weighted by Gasteiger charge is 2.41. The van der Waals surface area contributed by atoms with Crippen molar-refractivity contribution in [2.75, 3.05) is 0 Å². The number of hydrogen-bond acceptors (Lipinski definition) is 6. The molecule has 1 amide bonds. The summed E-state index contributed by atoms with van der Waals surface area (Å²) in [4.78, 5) is 30.8. The number of carbonyl (C=O) groups excluding carboxylic acids is 1. The lowest BCUT2D eigenvalue weighted by Crippen LogP contribution is -2.45. The van der Waals surface area contributed by atoms with Crippen LogP contribution < -0.4 is 4.74 Å². The number of aliphatic carboxylic acids is 1. The quantitative estimate of drug-likeness (QED) is 0.143. The number of nitrogens with zero attached hydrogens (tertiary/aromatic N) is 3. The molecule has 0 unspecified atom stereocenters. The number of para-hydroxylation sites is 2. The van der Waals surface area contributed by atoms with Crippen LogP contribution in [-0.2, 0) is 16.0 Å². The van der Waals surface area contributed by atoms with E-state index in [1.807, 2.05) is 61.5 Å². The van der Waals surface area contributed by atoms with Crippen molar-refractivity contribution in [3.05, 3.63) is 112 Å². The fraction of sp³-hybridized carbons (Fsp3) is 0.0968. The van der Waals surface area contributed by atoms with Crippen LogP contribution in [0, 0.1) is 6.92 Å². The third kappa shape index (κ3) is 5.32. The van der Waals surface area contributed by atoms with Gasteiger partial charge in [0.1, 0.15) is 16.1 Å². The standard InChI is InChI=1S/C31H23ClN4O4S2/c1-18-24(29(40-22-13-11-20(32)12-14-22)36(34-18)21-7-3-2-4-8-21)16-27-28(37)35(31(41)42-27)26(30(38)39)15-19-17-33-25-10-6-5-9-23(19)25/h2-14,16-17,26,33H,15H2,1H3,(H,38,39)/b27-16-/t26-/m0/s1. The van der Waals surface area contributed by atoms with Crippen LogP contribution in [0.25, 0.3) is 22.7 Å². The van der Waals surface area contributed by atoms with Crippen molar-refractivity contribution in [2.24, 2.45) is 0 Å². The molecule has 0 bridgehead atoms. The first-order valence-corrected chi connectivity index (χ1v) is 14.5. The van der Waals surface area contributed by atoms with Gasteiger partial charge in [-0.15, -0.1) is 0 Å². The van der Waals surface area contributed by atoms with Crippen molar-refractivity contribution in [1.82, 2.24) is 19.7 Å². The number of thioether (sulfide) groups is 1. The first-order valence-electron chi connectivity index (χ1n) is 12.9. The molecule has 1 atom stereocenters. The van der Waals surface area contributed by atoms with E-state index < -0.39 is 17.9 Å². The summed E-state index contributed by atoms with van der Waals surface area (Å²) >= 11 is 12.7. The zero-order chi connectivity index (χ0) is 29.4. The number of aromatic nitrogens is 3. The second-order valence-electron chi connectivity index (χ2n) is 9.58. The summed E-state index contributed by atoms with van der Waals surface area (Å²) in [6.45, 7) is 1.82. The molecule has 2 aromatic heterocycles. The van der Waals surface area contributed by atoms with Crippen LogP contribution in [0.5, 0.6) is 11.6 Å². The average Bonchev–Trinajstić information content (AvgIpc) is 3.62. The van der Waals surface area contributed by atoms with E-state index in [0.717, 1.165) is 33.9 Å². The minimum absolute atomic E-state index is 0.0922. The summed E-state index contributed by atoms with van der Waals surface area (Å²) in [7, 11) is 0. The van der Waals surface area contributed by atoms with E-state index in [4.69, 9.17) is 33.7 Å². The van der Waals surface area contributed by atoms with Gasteiger partial charge in [-0.1, -0.05) is 72.0 Å². The number of thiocarbonyl (C=S) groups is 1. The van der Waals surface area contributed by atoms with Crippen LogP contribution in [0.4, 0.5) is 0 Å². The Balaban J connectivity index is 1.37. The van der Waals surface area contributed by atoms with Crippen molar-refractivity contribution in [2.45, 2.75) is 19.4 Å². The number of nitrogens with one attached hydrogen (secondary N) is 1. The molecular weight excluding hydrogens is 592 g/mol. The molecule has 42 heavy (non-hydrogen) atoms. The van der Waals surface area contributed by atoms with Crippen LogP contribution in [0.2, 0.25) is 5.02 Å². The summed E-state index contributed by atoms with van der Waals surface area (Å²) in [5.74, 6) is -0.706. The summed E-state index contributed by atoms with van der Waals surface area (Å²) in [5.41, 5.74) is 3.62. The third-order valence-corrected chi connectivity index (χ3v) is 8.46. The molecule has 0 radical (unpaired) electrons. The molecule has 1 saturated heterocycles. The monoisotopic (exact) mass is 614 g/mol. The number of amides is 1. The van der Waals surface area contributed by atoms with Gasteiger partial charge in [0.2, 0.25) is 5.88 Å². The van der Waals surface area contributed by atoms with Crippen molar-refractivity contribution >= 4 is 68.8 Å². The van der Waals surface area contributed by atoms with Crippen molar-refractivity contribution in [3.8, 4) is 17.3 Å². The van der Waals surface area contributed by atoms with Gasteiger partial charge < -0.3 is 14.8 Å². The smallest absolute Gasteiger partial charge is 0.327 e. The maximum atomic E-state index is 13.7. The molecule has 1 aliphatic rings. The highest BCUT2D eigenvalue weighted by atomic mass is 35.5. The number of aryl methyl sites for hydroxylation is 1. The summed E-state index contributed by atoms with van der Waals surface area (Å²) in [5, 5.41) is 16.4. The lowest BCUT2D eigenvalue weighted by Gasteiger charge is -2.23. The van der Waals surface area contributed by atoms with Crippen LogP contribution >= 0.6 is 35.6 Å². The fourth-order valence-corrected chi connectivity index (χ4v) is 6.28. The van der Waals surface area contributed by atoms with E-state index in [1.165, 1.54) is 4.90 Å². The second kappa shape index (κ2) is 11.5. The highest BCUT2D eigenvalue weighted by Crippen LogP contribution is 2.39. The Morgan fingerprint density at radius 2 is 1.83 bits per heavy atom. The number of H-pyrrole nitrogens is 1. The van der Waals surface area contributed by atoms with E-state index >= 15 is 0 Å².